The van der Waals surface area contributed by atoms with E-state index in [1.165, 1.54) is 64.1 Å². The number of carboxylic acid groups (broad SMARTS) is 1. The maximum absolute atomic E-state index is 11.5. The summed E-state index contributed by atoms with van der Waals surface area (Å²) in [6.07, 6.45) is 16.1. The lowest BCUT2D eigenvalue weighted by molar-refractivity contribution is -0.136. The molecule has 0 aliphatic rings. The number of rotatable bonds is 13. The third-order valence-electron chi connectivity index (χ3n) is 3.69. The second kappa shape index (κ2) is 17.1. The molecule has 144 valence electrons. The van der Waals surface area contributed by atoms with Crippen molar-refractivity contribution in [1.29, 1.82) is 0 Å². The Hall–Kier alpha value is -1.78. The van der Waals surface area contributed by atoms with Gasteiger partial charge in [-0.3, -0.25) is 9.59 Å². The molecule has 5 heteroatoms. The first-order valence-electron chi connectivity index (χ1n) is 9.50. The number of carbonyl (C=O) groups is 2. The highest BCUT2D eigenvalue weighted by Crippen LogP contribution is 2.14. The Morgan fingerprint density at radius 3 is 1.88 bits per heavy atom. The molecule has 0 bridgehead atoms. The fraction of sp³-hybridized carbons (Fsp3) is 0.700. The van der Waals surface area contributed by atoms with Crippen LogP contribution in [-0.2, 0) is 9.59 Å². The second-order valence-corrected chi connectivity index (χ2v) is 6.21. The van der Waals surface area contributed by atoms with Crippen LogP contribution in [0.2, 0.25) is 0 Å². The van der Waals surface area contributed by atoms with Crippen molar-refractivity contribution in [2.45, 2.75) is 90.9 Å². The lowest BCUT2D eigenvalue weighted by Crippen LogP contribution is -2.06. The van der Waals surface area contributed by atoms with Crippen LogP contribution in [0.5, 0.6) is 5.95 Å². The number of carboxylic acids is 1. The third kappa shape index (κ3) is 18.4. The van der Waals surface area contributed by atoms with Crippen molar-refractivity contribution in [3.05, 3.63) is 18.4 Å². The maximum Gasteiger partial charge on any atom is 0.313 e. The number of aliphatic carboxylic acids is 1. The molecule has 0 aliphatic heterocycles. The molecule has 0 amide bonds. The van der Waals surface area contributed by atoms with Gasteiger partial charge in [0.1, 0.15) is 0 Å². The van der Waals surface area contributed by atoms with Gasteiger partial charge in [0.25, 0.3) is 11.9 Å². The fourth-order valence-electron chi connectivity index (χ4n) is 2.42. The second-order valence-electron chi connectivity index (χ2n) is 6.21. The number of furan rings is 1. The van der Waals surface area contributed by atoms with E-state index in [2.05, 4.69) is 6.92 Å². The van der Waals surface area contributed by atoms with Gasteiger partial charge in [-0.05, 0) is 12.5 Å². The molecule has 0 atom stereocenters. The zero-order valence-electron chi connectivity index (χ0n) is 15.8. The lowest BCUT2D eigenvalue weighted by Gasteiger charge is -2.03. The van der Waals surface area contributed by atoms with Crippen molar-refractivity contribution in [2.75, 3.05) is 0 Å². The van der Waals surface area contributed by atoms with Gasteiger partial charge in [0.15, 0.2) is 0 Å². The highest BCUT2D eigenvalue weighted by atomic mass is 16.6. The van der Waals surface area contributed by atoms with E-state index in [0.717, 1.165) is 19.8 Å². The van der Waals surface area contributed by atoms with Crippen LogP contribution in [0.25, 0.3) is 0 Å². The third-order valence-corrected chi connectivity index (χ3v) is 3.69. The Balaban J connectivity index is 0.00000129. The van der Waals surface area contributed by atoms with Gasteiger partial charge in [-0.25, -0.2) is 0 Å². The van der Waals surface area contributed by atoms with Gasteiger partial charge in [0.05, 0.1) is 6.26 Å². The molecule has 0 unspecified atom stereocenters. The highest BCUT2D eigenvalue weighted by Gasteiger charge is 2.05. The van der Waals surface area contributed by atoms with Crippen molar-refractivity contribution in [2.24, 2.45) is 0 Å². The van der Waals surface area contributed by atoms with E-state index in [1.54, 1.807) is 12.1 Å². The van der Waals surface area contributed by atoms with Crippen molar-refractivity contribution in [3.8, 4) is 5.95 Å². The van der Waals surface area contributed by atoms with Crippen LogP contribution >= 0.6 is 0 Å². The molecule has 1 aromatic rings. The summed E-state index contributed by atoms with van der Waals surface area (Å²) in [6.45, 7) is 3.34. The molecule has 1 heterocycles. The molecular weight excluding hydrogens is 320 g/mol. The Kier molecular flexibility index (Phi) is 15.8. The van der Waals surface area contributed by atoms with Gasteiger partial charge < -0.3 is 14.3 Å². The minimum Gasteiger partial charge on any atom is -0.481 e. The summed E-state index contributed by atoms with van der Waals surface area (Å²) in [5.74, 6) is -0.732. The van der Waals surface area contributed by atoms with Gasteiger partial charge >= 0.3 is 5.97 Å². The summed E-state index contributed by atoms with van der Waals surface area (Å²) in [7, 11) is 0. The molecule has 0 aliphatic carbocycles. The maximum atomic E-state index is 11.5. The average Bonchev–Trinajstić information content (AvgIpc) is 3.05. The summed E-state index contributed by atoms with van der Waals surface area (Å²) in [5, 5.41) is 7.42. The van der Waals surface area contributed by atoms with Crippen LogP contribution in [0, 0.1) is 0 Å². The van der Waals surface area contributed by atoms with Crippen LogP contribution in [0.4, 0.5) is 0 Å². The first kappa shape index (κ1) is 23.2. The Morgan fingerprint density at radius 1 is 0.960 bits per heavy atom. The van der Waals surface area contributed by atoms with Crippen LogP contribution < -0.4 is 4.74 Å². The van der Waals surface area contributed by atoms with E-state index in [9.17, 15) is 4.79 Å². The van der Waals surface area contributed by atoms with Crippen LogP contribution in [0.3, 0.4) is 0 Å². The van der Waals surface area contributed by atoms with Crippen molar-refractivity contribution in [1.82, 2.24) is 0 Å². The predicted octanol–water partition coefficient (Wildman–Crippen LogP) is 5.98. The SMILES string of the molecule is CC(=O)O.CCCCCCCCCCCCCC(=O)Oc1ccco1. The van der Waals surface area contributed by atoms with E-state index in [1.807, 2.05) is 0 Å². The molecule has 0 aromatic carbocycles. The number of hydrogen-bond donors (Lipinski definition) is 1. The van der Waals surface area contributed by atoms with Crippen LogP contribution in [-0.4, -0.2) is 17.0 Å². The zero-order chi connectivity index (χ0) is 18.8. The summed E-state index contributed by atoms with van der Waals surface area (Å²) in [5.41, 5.74) is 0. The number of ether oxygens (including phenoxy) is 1. The van der Waals surface area contributed by atoms with Crippen LogP contribution in [0.1, 0.15) is 90.9 Å². The first-order valence-corrected chi connectivity index (χ1v) is 9.50. The summed E-state index contributed by atoms with van der Waals surface area (Å²) in [4.78, 5) is 20.5. The Labute approximate surface area is 151 Å². The normalized spacial score (nSPS) is 10.0. The van der Waals surface area contributed by atoms with E-state index >= 15 is 0 Å². The topological polar surface area (TPSA) is 76.7 Å². The number of unbranched alkanes of at least 4 members (excludes halogenated alkanes) is 10. The average molecular weight is 354 g/mol. The zero-order valence-corrected chi connectivity index (χ0v) is 15.8. The predicted molar refractivity (Wildman–Crippen MR) is 98.7 cm³/mol. The monoisotopic (exact) mass is 354 g/mol. The molecule has 0 fully saturated rings. The lowest BCUT2D eigenvalue weighted by atomic mass is 10.1. The summed E-state index contributed by atoms with van der Waals surface area (Å²) in [6, 6.07) is 3.36. The molecule has 1 aromatic heterocycles. The number of carbonyl (C=O) groups excluding carboxylic acids is 1. The van der Waals surface area contributed by atoms with E-state index < -0.39 is 5.97 Å². The Bertz CT molecular complexity index is 421. The quantitative estimate of drug-likeness (QED) is 0.348. The molecule has 1 N–H and O–H groups in total. The molecule has 1 rings (SSSR count). The largest absolute Gasteiger partial charge is 0.481 e. The van der Waals surface area contributed by atoms with Crippen molar-refractivity contribution < 1.29 is 23.8 Å². The number of hydrogen-bond acceptors (Lipinski definition) is 4. The standard InChI is InChI=1S/C18H30O3.C2H4O2/c1-2-3-4-5-6-7-8-9-10-11-12-14-17(19)21-18-15-13-16-20-18;1-2(3)4/h13,15-16H,2-12,14H2,1H3;1H3,(H,3,4). The molecule has 5 nitrogen and oxygen atoms in total. The van der Waals surface area contributed by atoms with Gasteiger partial charge in [0.2, 0.25) is 0 Å². The molecule has 0 radical (unpaired) electrons. The molecule has 0 saturated heterocycles. The highest BCUT2D eigenvalue weighted by molar-refractivity contribution is 5.71. The van der Waals surface area contributed by atoms with E-state index in [0.29, 0.717) is 12.4 Å². The van der Waals surface area contributed by atoms with Gasteiger partial charge in [-0.1, -0.05) is 71.1 Å². The molecule has 25 heavy (non-hydrogen) atoms. The minimum atomic E-state index is -0.833. The van der Waals surface area contributed by atoms with Gasteiger partial charge in [-0.15, -0.1) is 0 Å². The van der Waals surface area contributed by atoms with E-state index in [4.69, 9.17) is 19.1 Å². The Morgan fingerprint density at radius 2 is 1.44 bits per heavy atom. The smallest absolute Gasteiger partial charge is 0.313 e. The molecule has 0 saturated carbocycles. The van der Waals surface area contributed by atoms with E-state index in [-0.39, 0.29) is 5.97 Å². The van der Waals surface area contributed by atoms with Crippen molar-refractivity contribution >= 4 is 11.9 Å². The van der Waals surface area contributed by atoms with Crippen LogP contribution in [0.15, 0.2) is 22.8 Å². The summed E-state index contributed by atoms with van der Waals surface area (Å²) >= 11 is 0. The summed E-state index contributed by atoms with van der Waals surface area (Å²) < 4.78 is 10.0. The van der Waals surface area contributed by atoms with Crippen molar-refractivity contribution in [3.63, 3.8) is 0 Å². The van der Waals surface area contributed by atoms with Gasteiger partial charge in [-0.2, -0.15) is 0 Å². The first-order chi connectivity index (χ1) is 12.1. The minimum absolute atomic E-state index is 0.194. The van der Waals surface area contributed by atoms with Gasteiger partial charge in [0, 0.05) is 19.4 Å². The number of esters is 1. The molecule has 0 spiro atoms. The fourth-order valence-corrected chi connectivity index (χ4v) is 2.42. The molecular formula is C20H34O5.